The largest absolute Gasteiger partial charge is 0.377 e. The van der Waals surface area contributed by atoms with E-state index in [1.165, 1.54) is 37.8 Å². The Bertz CT molecular complexity index is 612. The third kappa shape index (κ3) is 2.66. The highest BCUT2D eigenvalue weighted by Gasteiger charge is 2.57. The van der Waals surface area contributed by atoms with Crippen molar-refractivity contribution in [3.05, 3.63) is 34.6 Å². The molecule has 1 aromatic carbocycles. The topological polar surface area (TPSA) is 38.3 Å². The van der Waals surface area contributed by atoms with Gasteiger partial charge >= 0.3 is 0 Å². The van der Waals surface area contributed by atoms with Gasteiger partial charge in [0.2, 0.25) is 0 Å². The predicted molar refractivity (Wildman–Crippen MR) is 86.0 cm³/mol. The van der Waals surface area contributed by atoms with Gasteiger partial charge in [0.15, 0.2) is 0 Å². The maximum absolute atomic E-state index is 14.0. The Labute approximate surface area is 140 Å². The summed E-state index contributed by atoms with van der Waals surface area (Å²) >= 11 is 5.76. The summed E-state index contributed by atoms with van der Waals surface area (Å²) < 4.78 is 19.9. The second-order valence-electron chi connectivity index (χ2n) is 7.03. The summed E-state index contributed by atoms with van der Waals surface area (Å²) in [6.45, 7) is 0.778. The van der Waals surface area contributed by atoms with Crippen molar-refractivity contribution < 1.29 is 13.9 Å². The molecule has 0 bridgehead atoms. The first-order valence-corrected chi connectivity index (χ1v) is 8.90. The summed E-state index contributed by atoms with van der Waals surface area (Å²) in [4.78, 5) is 12.5. The van der Waals surface area contributed by atoms with Gasteiger partial charge in [-0.3, -0.25) is 4.79 Å². The number of carbonyl (C=O) groups is 1. The zero-order valence-electron chi connectivity index (χ0n) is 12.9. The first kappa shape index (κ1) is 15.4. The minimum Gasteiger partial charge on any atom is -0.377 e. The molecule has 1 N–H and O–H groups in total. The Morgan fingerprint density at radius 2 is 2.04 bits per heavy atom. The minimum absolute atomic E-state index is 0.0712. The van der Waals surface area contributed by atoms with Crippen molar-refractivity contribution in [2.45, 2.75) is 44.2 Å². The zero-order valence-corrected chi connectivity index (χ0v) is 13.7. The van der Waals surface area contributed by atoms with E-state index in [4.69, 9.17) is 16.3 Å². The number of ether oxygens (including phenoxy) is 1. The molecule has 2 saturated carbocycles. The molecule has 0 spiro atoms. The highest BCUT2D eigenvalue weighted by atomic mass is 35.5. The van der Waals surface area contributed by atoms with Crippen LogP contribution in [0.3, 0.4) is 0 Å². The van der Waals surface area contributed by atoms with Crippen molar-refractivity contribution in [2.75, 3.05) is 6.61 Å². The molecule has 4 rings (SSSR count). The molecule has 1 aromatic rings. The summed E-state index contributed by atoms with van der Waals surface area (Å²) in [6.07, 6.45) is 6.26. The van der Waals surface area contributed by atoms with Crippen LogP contribution < -0.4 is 5.32 Å². The monoisotopic (exact) mass is 337 g/mol. The molecule has 2 aliphatic carbocycles. The van der Waals surface area contributed by atoms with Gasteiger partial charge in [-0.15, -0.1) is 0 Å². The van der Waals surface area contributed by atoms with Crippen LogP contribution in [0.2, 0.25) is 5.02 Å². The van der Waals surface area contributed by atoms with Crippen LogP contribution in [0, 0.1) is 23.6 Å². The molecule has 3 aliphatic rings. The molecule has 3 nitrogen and oxygen atoms in total. The van der Waals surface area contributed by atoms with E-state index in [1.54, 1.807) is 6.07 Å². The van der Waals surface area contributed by atoms with Crippen LogP contribution in [0.1, 0.15) is 42.5 Å². The molecule has 0 radical (unpaired) electrons. The standard InChI is InChI=1S/C18H21ClFNO2/c19-11-5-6-12(14(20)9-11)18(22)21-16-13-7-8-23-17(13)15(16)10-3-1-2-4-10/h5-6,9-10,13,15-17H,1-4,7-8H2,(H,21,22)/t13-,15+,16+,17-/m1/s1. The predicted octanol–water partition coefficient (Wildman–Crippen LogP) is 3.80. The lowest BCUT2D eigenvalue weighted by molar-refractivity contribution is -0.0784. The lowest BCUT2D eigenvalue weighted by Gasteiger charge is -2.50. The lowest BCUT2D eigenvalue weighted by Crippen LogP contribution is -2.63. The number of amides is 1. The van der Waals surface area contributed by atoms with Crippen molar-refractivity contribution in [1.82, 2.24) is 5.32 Å². The average Bonchev–Trinajstić information content (AvgIpc) is 3.15. The van der Waals surface area contributed by atoms with Crippen LogP contribution in [0.25, 0.3) is 0 Å². The summed E-state index contributed by atoms with van der Waals surface area (Å²) in [5.74, 6) is 0.516. The molecular weight excluding hydrogens is 317 g/mol. The highest BCUT2D eigenvalue weighted by Crippen LogP contribution is 2.51. The molecule has 0 aromatic heterocycles. The average molecular weight is 338 g/mol. The molecule has 1 amide bonds. The molecule has 4 atom stereocenters. The van der Waals surface area contributed by atoms with Crippen LogP contribution in [-0.4, -0.2) is 24.7 Å². The minimum atomic E-state index is -0.564. The highest BCUT2D eigenvalue weighted by molar-refractivity contribution is 6.30. The molecule has 1 saturated heterocycles. The third-order valence-electron chi connectivity index (χ3n) is 5.86. The Hall–Kier alpha value is -1.13. The fourth-order valence-electron chi connectivity index (χ4n) is 4.76. The van der Waals surface area contributed by atoms with Gasteiger partial charge in [0.05, 0.1) is 11.7 Å². The van der Waals surface area contributed by atoms with E-state index < -0.39 is 5.82 Å². The van der Waals surface area contributed by atoms with Crippen molar-refractivity contribution in [3.8, 4) is 0 Å². The molecule has 23 heavy (non-hydrogen) atoms. The van der Waals surface area contributed by atoms with Gasteiger partial charge < -0.3 is 10.1 Å². The first-order chi connectivity index (χ1) is 11.1. The van der Waals surface area contributed by atoms with Crippen LogP contribution in [0.5, 0.6) is 0 Å². The van der Waals surface area contributed by atoms with Crippen LogP contribution in [0.4, 0.5) is 4.39 Å². The Morgan fingerprint density at radius 1 is 1.26 bits per heavy atom. The van der Waals surface area contributed by atoms with Crippen LogP contribution in [-0.2, 0) is 4.74 Å². The van der Waals surface area contributed by atoms with Gasteiger partial charge in [0.1, 0.15) is 5.82 Å². The first-order valence-electron chi connectivity index (χ1n) is 8.52. The molecule has 5 heteroatoms. The van der Waals surface area contributed by atoms with Gasteiger partial charge in [-0.25, -0.2) is 4.39 Å². The molecule has 0 unspecified atom stereocenters. The molecule has 1 aliphatic heterocycles. The van der Waals surface area contributed by atoms with Gasteiger partial charge in [-0.1, -0.05) is 37.3 Å². The number of fused-ring (bicyclic) bond motifs is 1. The number of carbonyl (C=O) groups excluding carboxylic acids is 1. The summed E-state index contributed by atoms with van der Waals surface area (Å²) in [5, 5.41) is 3.39. The molecular formula is C18H21ClFNO2. The fraction of sp³-hybridized carbons (Fsp3) is 0.611. The van der Waals surface area contributed by atoms with Gasteiger partial charge in [-0.05, 0) is 30.5 Å². The van der Waals surface area contributed by atoms with E-state index in [0.29, 0.717) is 28.9 Å². The molecule has 1 heterocycles. The van der Waals surface area contributed by atoms with Crippen molar-refractivity contribution in [2.24, 2.45) is 17.8 Å². The van der Waals surface area contributed by atoms with E-state index in [0.717, 1.165) is 13.0 Å². The van der Waals surface area contributed by atoms with E-state index >= 15 is 0 Å². The summed E-state index contributed by atoms with van der Waals surface area (Å²) in [7, 11) is 0. The number of halogens is 2. The van der Waals surface area contributed by atoms with Crippen LogP contribution in [0.15, 0.2) is 18.2 Å². The molecule has 3 fully saturated rings. The van der Waals surface area contributed by atoms with Crippen LogP contribution >= 0.6 is 11.6 Å². The maximum Gasteiger partial charge on any atom is 0.254 e. The number of nitrogens with one attached hydrogen (secondary N) is 1. The Morgan fingerprint density at radius 3 is 2.78 bits per heavy atom. The summed E-state index contributed by atoms with van der Waals surface area (Å²) in [5.41, 5.74) is 0.0712. The number of hydrogen-bond acceptors (Lipinski definition) is 2. The van der Waals surface area contributed by atoms with E-state index in [-0.39, 0.29) is 17.5 Å². The van der Waals surface area contributed by atoms with Gasteiger partial charge in [0, 0.05) is 29.5 Å². The third-order valence-corrected chi connectivity index (χ3v) is 6.09. The second-order valence-corrected chi connectivity index (χ2v) is 7.47. The van der Waals surface area contributed by atoms with E-state index in [9.17, 15) is 9.18 Å². The molecule has 124 valence electrons. The zero-order chi connectivity index (χ0) is 16.0. The number of rotatable bonds is 3. The lowest BCUT2D eigenvalue weighted by atomic mass is 9.61. The fourth-order valence-corrected chi connectivity index (χ4v) is 4.92. The Kier molecular flexibility index (Phi) is 4.06. The van der Waals surface area contributed by atoms with Gasteiger partial charge in [0.25, 0.3) is 5.91 Å². The number of benzene rings is 1. The van der Waals surface area contributed by atoms with Crippen molar-refractivity contribution in [3.63, 3.8) is 0 Å². The van der Waals surface area contributed by atoms with E-state index in [2.05, 4.69) is 5.32 Å². The Balaban J connectivity index is 1.51. The van der Waals surface area contributed by atoms with E-state index in [1.807, 2.05) is 0 Å². The second kappa shape index (κ2) is 6.06. The van der Waals surface area contributed by atoms with Crippen molar-refractivity contribution in [1.29, 1.82) is 0 Å². The SMILES string of the molecule is O=C(N[C@H]1[C@H]2CCO[C@H]2[C@H]1C1CCCC1)c1ccc(Cl)cc1F. The number of hydrogen-bond donors (Lipinski definition) is 1. The van der Waals surface area contributed by atoms with Gasteiger partial charge in [-0.2, -0.15) is 0 Å². The van der Waals surface area contributed by atoms with Crippen molar-refractivity contribution >= 4 is 17.5 Å². The normalized spacial score (nSPS) is 33.3. The maximum atomic E-state index is 14.0. The summed E-state index contributed by atoms with van der Waals surface area (Å²) in [6, 6.07) is 4.32. The quantitative estimate of drug-likeness (QED) is 0.911. The smallest absolute Gasteiger partial charge is 0.254 e.